The number of nitrogens with zero attached hydrogens (tertiary/aromatic N) is 1. The Morgan fingerprint density at radius 3 is 1.14 bits per heavy atom. The minimum atomic E-state index is -4.40. The summed E-state index contributed by atoms with van der Waals surface area (Å²) in [6, 6.07) is 0. The number of esters is 2. The van der Waals surface area contributed by atoms with E-state index in [0.717, 1.165) is 116 Å². The highest BCUT2D eigenvalue weighted by molar-refractivity contribution is 7.47. The van der Waals surface area contributed by atoms with Crippen LogP contribution in [0.1, 0.15) is 206 Å². The molecule has 0 saturated heterocycles. The molecule has 0 spiro atoms. The number of carbonyl (C=O) groups excluding carboxylic acids is 2. The monoisotopic (exact) mass is 997 g/mol. The maximum Gasteiger partial charge on any atom is 0.472 e. The molecular weight excluding hydrogens is 894 g/mol. The van der Waals surface area contributed by atoms with Crippen LogP contribution < -0.4 is 0 Å². The lowest BCUT2D eigenvalue weighted by Gasteiger charge is -2.24. The van der Waals surface area contributed by atoms with Crippen LogP contribution in [0.15, 0.2) is 109 Å². The molecule has 0 radical (unpaired) electrons. The molecule has 0 aliphatic rings. The van der Waals surface area contributed by atoms with Crippen LogP contribution in [0.3, 0.4) is 0 Å². The van der Waals surface area contributed by atoms with Crippen LogP contribution in [0, 0.1) is 0 Å². The molecule has 70 heavy (non-hydrogen) atoms. The van der Waals surface area contributed by atoms with Gasteiger partial charge < -0.3 is 18.9 Å². The Balaban J connectivity index is 4.26. The van der Waals surface area contributed by atoms with E-state index in [1.54, 1.807) is 0 Å². The summed E-state index contributed by atoms with van der Waals surface area (Å²) >= 11 is 0. The smallest absolute Gasteiger partial charge is 0.462 e. The summed E-state index contributed by atoms with van der Waals surface area (Å²) in [4.78, 5) is 35.7. The molecule has 0 saturated carbocycles. The Morgan fingerprint density at radius 2 is 0.771 bits per heavy atom. The third-order valence-electron chi connectivity index (χ3n) is 11.3. The van der Waals surface area contributed by atoms with Gasteiger partial charge >= 0.3 is 19.8 Å². The number of phosphoric acid groups is 1. The molecule has 0 fully saturated rings. The van der Waals surface area contributed by atoms with E-state index in [9.17, 15) is 19.0 Å². The number of ether oxygens (including phenoxy) is 2. The van der Waals surface area contributed by atoms with Gasteiger partial charge in [-0.25, -0.2) is 4.57 Å². The molecule has 400 valence electrons. The molecule has 10 heteroatoms. The minimum absolute atomic E-state index is 0.0226. The number of likely N-dealkylation sites (N-methyl/N-ethyl adjacent to an activating group) is 1. The second-order valence-corrected chi connectivity index (χ2v) is 20.7. The molecule has 0 aliphatic heterocycles. The van der Waals surface area contributed by atoms with Crippen molar-refractivity contribution < 1.29 is 42.1 Å². The summed E-state index contributed by atoms with van der Waals surface area (Å²) < 4.78 is 34.5. The molecule has 1 N–H and O–H groups in total. The maximum atomic E-state index is 12.8. The van der Waals surface area contributed by atoms with Crippen LogP contribution in [0.25, 0.3) is 0 Å². The number of unbranched alkanes of at least 4 members (excludes halogenated alkanes) is 17. The summed E-state index contributed by atoms with van der Waals surface area (Å²) in [5.41, 5.74) is 0. The average Bonchev–Trinajstić information content (AvgIpc) is 3.32. The molecule has 0 aromatic carbocycles. The maximum absolute atomic E-state index is 12.8. The van der Waals surface area contributed by atoms with Gasteiger partial charge in [0.1, 0.15) is 19.8 Å². The molecule has 0 rings (SSSR count). The van der Waals surface area contributed by atoms with Gasteiger partial charge in [-0.3, -0.25) is 18.6 Å². The van der Waals surface area contributed by atoms with Crippen molar-refractivity contribution in [1.82, 2.24) is 0 Å². The standard InChI is InChI=1S/C60H102NO8P/c1-6-8-10-12-14-16-18-20-22-24-26-28-30-32-34-36-38-40-42-44-46-48-50-52-59(62)66-56-58(57-68-70(64,65)67-55-54-61(3,4)5)69-60(63)53-51-49-47-45-43-41-39-37-35-33-31-29-27-25-23-21-19-17-15-13-11-9-7-2/h8-11,14-17,20-23,26-29,33,35,58H,6-7,12-13,18-19,24-25,30-32,34,36-57H2,1-5H3/p+1/b10-8-,11-9-,16-14-,17-15-,22-20-,23-21-,28-26-,29-27-,35-33-. The summed E-state index contributed by atoms with van der Waals surface area (Å²) in [5, 5.41) is 0. The molecule has 9 nitrogen and oxygen atoms in total. The van der Waals surface area contributed by atoms with Crippen LogP contribution in [0.4, 0.5) is 0 Å². The average molecular weight is 997 g/mol. The molecule has 2 unspecified atom stereocenters. The molecule has 0 bridgehead atoms. The van der Waals surface area contributed by atoms with E-state index in [2.05, 4.69) is 123 Å². The second-order valence-electron chi connectivity index (χ2n) is 19.2. The summed E-state index contributed by atoms with van der Waals surface area (Å²) in [6.45, 7) is 4.18. The van der Waals surface area contributed by atoms with Crippen LogP contribution in [-0.4, -0.2) is 74.9 Å². The predicted octanol–water partition coefficient (Wildman–Crippen LogP) is 17.0. The Morgan fingerprint density at radius 1 is 0.443 bits per heavy atom. The highest BCUT2D eigenvalue weighted by Gasteiger charge is 2.27. The predicted molar refractivity (Wildman–Crippen MR) is 298 cm³/mol. The van der Waals surface area contributed by atoms with Crippen LogP contribution in [0.2, 0.25) is 0 Å². The van der Waals surface area contributed by atoms with Crippen molar-refractivity contribution >= 4 is 19.8 Å². The number of quaternary nitrogens is 1. The molecular formula is C60H103NO8P+. The van der Waals surface area contributed by atoms with Crippen molar-refractivity contribution in [2.45, 2.75) is 213 Å². The second kappa shape index (κ2) is 50.6. The van der Waals surface area contributed by atoms with E-state index >= 15 is 0 Å². The SMILES string of the molecule is CC/C=C\C/C=C\C/C=C\C/C=C\C/C=C\CCCCCCCCCC(=O)OC(COC(=O)CCCCCCCCCCCC/C=C\C/C=C\C/C=C\C/C=C\CC)COP(=O)(O)OCC[N+](C)(C)C. The van der Waals surface area contributed by atoms with Crippen LogP contribution in [0.5, 0.6) is 0 Å². The van der Waals surface area contributed by atoms with Crippen LogP contribution in [-0.2, 0) is 32.7 Å². The Hall–Kier alpha value is -3.33. The molecule has 0 aromatic rings. The largest absolute Gasteiger partial charge is 0.472 e. The fourth-order valence-corrected chi connectivity index (χ4v) is 7.83. The van der Waals surface area contributed by atoms with E-state index in [4.69, 9.17) is 18.5 Å². The first-order valence-corrected chi connectivity index (χ1v) is 29.1. The first-order valence-electron chi connectivity index (χ1n) is 27.6. The zero-order valence-corrected chi connectivity index (χ0v) is 46.1. The number of phosphoric ester groups is 1. The molecule has 0 aliphatic carbocycles. The van der Waals surface area contributed by atoms with E-state index in [-0.39, 0.29) is 32.0 Å². The molecule has 0 heterocycles. The number of rotatable bonds is 49. The van der Waals surface area contributed by atoms with Gasteiger partial charge in [-0.05, 0) is 96.3 Å². The first-order chi connectivity index (χ1) is 34.0. The van der Waals surface area contributed by atoms with Crippen molar-refractivity contribution in [3.8, 4) is 0 Å². The summed E-state index contributed by atoms with van der Waals surface area (Å²) in [7, 11) is 1.45. The van der Waals surface area contributed by atoms with Gasteiger partial charge in [0.05, 0.1) is 27.7 Å². The Kier molecular flexibility index (Phi) is 48.2. The van der Waals surface area contributed by atoms with Gasteiger partial charge in [-0.2, -0.15) is 0 Å². The Bertz CT molecular complexity index is 1550. The number of allylic oxidation sites excluding steroid dienone is 18. The first kappa shape index (κ1) is 66.7. The van der Waals surface area contributed by atoms with Gasteiger partial charge in [0.15, 0.2) is 6.10 Å². The Labute approximate surface area is 429 Å². The van der Waals surface area contributed by atoms with Gasteiger partial charge in [0.2, 0.25) is 0 Å². The third-order valence-corrected chi connectivity index (χ3v) is 12.3. The highest BCUT2D eigenvalue weighted by atomic mass is 31.2. The number of carbonyl (C=O) groups is 2. The quantitative estimate of drug-likeness (QED) is 0.0211. The fraction of sp³-hybridized carbons (Fsp3) is 0.667. The van der Waals surface area contributed by atoms with Crippen molar-refractivity contribution in [3.63, 3.8) is 0 Å². The lowest BCUT2D eigenvalue weighted by atomic mass is 10.1. The van der Waals surface area contributed by atoms with E-state index in [0.29, 0.717) is 17.4 Å². The number of hydrogen-bond donors (Lipinski definition) is 1. The van der Waals surface area contributed by atoms with E-state index in [1.807, 2.05) is 21.1 Å². The van der Waals surface area contributed by atoms with Gasteiger partial charge in [-0.15, -0.1) is 0 Å². The zero-order valence-electron chi connectivity index (χ0n) is 45.2. The normalized spacial score (nSPS) is 14.2. The summed E-state index contributed by atoms with van der Waals surface area (Å²) in [6.07, 6.45) is 70.0. The lowest BCUT2D eigenvalue weighted by Crippen LogP contribution is -2.37. The fourth-order valence-electron chi connectivity index (χ4n) is 7.09. The number of hydrogen-bond acceptors (Lipinski definition) is 7. The van der Waals surface area contributed by atoms with Crippen molar-refractivity contribution in [2.75, 3.05) is 47.5 Å². The van der Waals surface area contributed by atoms with Crippen molar-refractivity contribution in [3.05, 3.63) is 109 Å². The van der Waals surface area contributed by atoms with E-state index < -0.39 is 26.5 Å². The summed E-state index contributed by atoms with van der Waals surface area (Å²) in [5.74, 6) is -0.821. The van der Waals surface area contributed by atoms with Gasteiger partial charge in [0.25, 0.3) is 0 Å². The topological polar surface area (TPSA) is 108 Å². The molecule has 0 amide bonds. The van der Waals surface area contributed by atoms with Crippen LogP contribution >= 0.6 is 7.82 Å². The highest BCUT2D eigenvalue weighted by Crippen LogP contribution is 2.43. The van der Waals surface area contributed by atoms with Gasteiger partial charge in [-0.1, -0.05) is 207 Å². The van der Waals surface area contributed by atoms with E-state index in [1.165, 1.54) is 57.8 Å². The molecule has 0 aromatic heterocycles. The minimum Gasteiger partial charge on any atom is -0.462 e. The van der Waals surface area contributed by atoms with Gasteiger partial charge in [0, 0.05) is 12.8 Å². The third kappa shape index (κ3) is 54.0. The van der Waals surface area contributed by atoms with Crippen molar-refractivity contribution in [2.24, 2.45) is 0 Å². The van der Waals surface area contributed by atoms with Crippen molar-refractivity contribution in [1.29, 1.82) is 0 Å². The molecule has 2 atom stereocenters. The zero-order chi connectivity index (χ0) is 51.3. The lowest BCUT2D eigenvalue weighted by molar-refractivity contribution is -0.870.